The highest BCUT2D eigenvalue weighted by Gasteiger charge is 2.32. The van der Waals surface area contributed by atoms with Crippen molar-refractivity contribution in [3.63, 3.8) is 0 Å². The monoisotopic (exact) mass is 376 g/mol. The average molecular weight is 376 g/mol. The Balaban J connectivity index is 1.81. The molecule has 6 nitrogen and oxygen atoms in total. The van der Waals surface area contributed by atoms with E-state index in [1.165, 1.54) is 17.0 Å². The zero-order valence-electron chi connectivity index (χ0n) is 15.4. The summed E-state index contributed by atoms with van der Waals surface area (Å²) >= 11 is 0. The summed E-state index contributed by atoms with van der Waals surface area (Å²) in [6.07, 6.45) is 1.67. The van der Waals surface area contributed by atoms with Gasteiger partial charge in [0.15, 0.2) is 11.5 Å². The van der Waals surface area contributed by atoms with Crippen LogP contribution in [0, 0.1) is 0 Å². The molecule has 1 heterocycles. The molecule has 0 aliphatic carbocycles. The van der Waals surface area contributed by atoms with Crippen LogP contribution in [0.5, 0.6) is 11.5 Å². The molecule has 142 valence electrons. The first kappa shape index (κ1) is 17.9. The average Bonchev–Trinajstić information content (AvgIpc) is 2.69. The number of rotatable bonds is 5. The summed E-state index contributed by atoms with van der Waals surface area (Å²) in [6, 6.07) is 13.3. The van der Waals surface area contributed by atoms with E-state index in [0.717, 1.165) is 18.2 Å². The number of hydrogen-bond acceptors (Lipinski definition) is 5. The van der Waals surface area contributed by atoms with Crippen LogP contribution in [0.25, 0.3) is 10.8 Å². The van der Waals surface area contributed by atoms with Crippen molar-refractivity contribution in [2.45, 2.75) is 19.8 Å². The van der Waals surface area contributed by atoms with Crippen molar-refractivity contribution in [2.75, 3.05) is 11.9 Å². The number of nitrogens with zero attached hydrogens (tertiary/aromatic N) is 1. The number of nitrogens with one attached hydrogen (secondary N) is 1. The Morgan fingerprint density at radius 1 is 0.929 bits per heavy atom. The Hall–Kier alpha value is -3.54. The second kappa shape index (κ2) is 6.88. The first-order chi connectivity index (χ1) is 13.5. The number of amides is 2. The number of phenols is 2. The number of imide groups is 1. The molecule has 0 bridgehead atoms. The fourth-order valence-electron chi connectivity index (χ4n) is 3.53. The van der Waals surface area contributed by atoms with Crippen molar-refractivity contribution in [1.29, 1.82) is 0 Å². The van der Waals surface area contributed by atoms with Gasteiger partial charge in [-0.1, -0.05) is 25.5 Å². The normalized spacial score (nSPS) is 13.2. The molecule has 0 atom stereocenters. The van der Waals surface area contributed by atoms with Crippen molar-refractivity contribution in [1.82, 2.24) is 4.90 Å². The maximum absolute atomic E-state index is 12.9. The van der Waals surface area contributed by atoms with Crippen molar-refractivity contribution >= 4 is 34.0 Å². The van der Waals surface area contributed by atoms with Gasteiger partial charge in [0.05, 0.1) is 0 Å². The summed E-state index contributed by atoms with van der Waals surface area (Å²) in [4.78, 5) is 27.1. The summed E-state index contributed by atoms with van der Waals surface area (Å²) in [5, 5.41) is 23.8. The van der Waals surface area contributed by atoms with Crippen LogP contribution < -0.4 is 5.32 Å². The van der Waals surface area contributed by atoms with Crippen molar-refractivity contribution in [3.05, 3.63) is 59.7 Å². The third-order valence-corrected chi connectivity index (χ3v) is 4.98. The smallest absolute Gasteiger partial charge is 0.261 e. The number of aromatic hydroxyl groups is 2. The lowest BCUT2D eigenvalue weighted by Gasteiger charge is -2.27. The molecule has 1 aliphatic rings. The summed E-state index contributed by atoms with van der Waals surface area (Å²) < 4.78 is 0. The minimum Gasteiger partial charge on any atom is -0.504 e. The topological polar surface area (TPSA) is 89.9 Å². The fourth-order valence-corrected chi connectivity index (χ4v) is 3.53. The van der Waals surface area contributed by atoms with Gasteiger partial charge in [0, 0.05) is 45.9 Å². The fraction of sp³-hybridized carbons (Fsp3) is 0.182. The van der Waals surface area contributed by atoms with Crippen LogP contribution in [0.4, 0.5) is 11.4 Å². The third-order valence-electron chi connectivity index (χ3n) is 4.98. The molecular weight excluding hydrogens is 356 g/mol. The van der Waals surface area contributed by atoms with Crippen LogP contribution in [-0.4, -0.2) is 33.5 Å². The third kappa shape index (κ3) is 2.83. The van der Waals surface area contributed by atoms with E-state index in [9.17, 15) is 19.8 Å². The Morgan fingerprint density at radius 3 is 2.39 bits per heavy atom. The molecule has 0 aromatic heterocycles. The highest BCUT2D eigenvalue weighted by molar-refractivity contribution is 6.26. The van der Waals surface area contributed by atoms with E-state index in [-0.39, 0.29) is 23.3 Å². The first-order valence-corrected chi connectivity index (χ1v) is 9.22. The van der Waals surface area contributed by atoms with Gasteiger partial charge >= 0.3 is 0 Å². The zero-order valence-corrected chi connectivity index (χ0v) is 15.4. The number of anilines is 2. The second-order valence-corrected chi connectivity index (χ2v) is 6.83. The van der Waals surface area contributed by atoms with E-state index >= 15 is 0 Å². The molecule has 0 unspecified atom stereocenters. The van der Waals surface area contributed by atoms with Crippen LogP contribution in [-0.2, 0) is 0 Å². The van der Waals surface area contributed by atoms with E-state index in [1.54, 1.807) is 30.3 Å². The predicted octanol–water partition coefficient (Wildman–Crippen LogP) is 4.39. The van der Waals surface area contributed by atoms with Crippen LogP contribution in [0.15, 0.2) is 48.5 Å². The molecule has 0 saturated heterocycles. The maximum atomic E-state index is 12.9. The van der Waals surface area contributed by atoms with Gasteiger partial charge in [-0.05, 0) is 36.8 Å². The minimum absolute atomic E-state index is 0.203. The molecule has 0 saturated carbocycles. The standard InChI is InChI=1S/C22H20N2O4/c1-2-3-11-24-21(27)15-6-4-5-14-17(9-8-16(20(14)15)22(24)28)23-13-7-10-18(25)19(26)12-13/h4-10,12,23,25-26H,2-3,11H2,1H3. The van der Waals surface area contributed by atoms with Crippen LogP contribution in [0.2, 0.25) is 0 Å². The summed E-state index contributed by atoms with van der Waals surface area (Å²) in [5.74, 6) is -0.970. The SMILES string of the molecule is CCCCN1C(=O)c2cccc3c(Nc4ccc(O)c(O)c4)ccc(c23)C1=O. The number of carbonyl (C=O) groups excluding carboxylic acids is 2. The number of carbonyl (C=O) groups is 2. The number of hydrogen-bond donors (Lipinski definition) is 3. The second-order valence-electron chi connectivity index (χ2n) is 6.83. The summed E-state index contributed by atoms with van der Waals surface area (Å²) in [5.41, 5.74) is 2.31. The Morgan fingerprint density at radius 2 is 1.68 bits per heavy atom. The molecule has 1 aliphatic heterocycles. The maximum Gasteiger partial charge on any atom is 0.261 e. The number of phenolic OH excluding ortho intramolecular Hbond substituents is 2. The number of unbranched alkanes of at least 4 members (excludes halogenated alkanes) is 1. The molecule has 3 N–H and O–H groups in total. The Bertz CT molecular complexity index is 1080. The van der Waals surface area contributed by atoms with Gasteiger partial charge < -0.3 is 15.5 Å². The lowest BCUT2D eigenvalue weighted by Crippen LogP contribution is -2.40. The van der Waals surface area contributed by atoms with E-state index in [2.05, 4.69) is 5.32 Å². The van der Waals surface area contributed by atoms with Crippen molar-refractivity contribution < 1.29 is 19.8 Å². The van der Waals surface area contributed by atoms with Gasteiger partial charge in [-0.2, -0.15) is 0 Å². The Labute approximate surface area is 162 Å². The largest absolute Gasteiger partial charge is 0.504 e. The van der Waals surface area contributed by atoms with Crippen LogP contribution in [0.1, 0.15) is 40.5 Å². The van der Waals surface area contributed by atoms with Gasteiger partial charge in [-0.25, -0.2) is 0 Å². The summed E-state index contributed by atoms with van der Waals surface area (Å²) in [7, 11) is 0. The van der Waals surface area contributed by atoms with Crippen molar-refractivity contribution in [2.24, 2.45) is 0 Å². The van der Waals surface area contributed by atoms with Crippen LogP contribution in [0.3, 0.4) is 0 Å². The minimum atomic E-state index is -0.268. The first-order valence-electron chi connectivity index (χ1n) is 9.22. The van der Waals surface area contributed by atoms with Gasteiger partial charge in [0.1, 0.15) is 0 Å². The lowest BCUT2D eigenvalue weighted by molar-refractivity contribution is 0.0608. The lowest BCUT2D eigenvalue weighted by atomic mass is 9.93. The molecule has 0 spiro atoms. The highest BCUT2D eigenvalue weighted by atomic mass is 16.3. The molecule has 2 amide bonds. The molecule has 0 fully saturated rings. The highest BCUT2D eigenvalue weighted by Crippen LogP contribution is 2.36. The van der Waals surface area contributed by atoms with Gasteiger partial charge in [-0.15, -0.1) is 0 Å². The number of benzene rings is 3. The van der Waals surface area contributed by atoms with Crippen LogP contribution >= 0.6 is 0 Å². The molecule has 28 heavy (non-hydrogen) atoms. The molecule has 3 aromatic carbocycles. The van der Waals surface area contributed by atoms with E-state index in [1.807, 2.05) is 13.0 Å². The predicted molar refractivity (Wildman–Crippen MR) is 107 cm³/mol. The van der Waals surface area contributed by atoms with Gasteiger partial charge in [0.2, 0.25) is 0 Å². The zero-order chi connectivity index (χ0) is 19.8. The summed E-state index contributed by atoms with van der Waals surface area (Å²) in [6.45, 7) is 2.43. The Kier molecular flexibility index (Phi) is 4.39. The van der Waals surface area contributed by atoms with E-state index in [4.69, 9.17) is 0 Å². The molecular formula is C22H20N2O4. The molecule has 4 rings (SSSR count). The molecule has 6 heteroatoms. The van der Waals surface area contributed by atoms with E-state index < -0.39 is 0 Å². The molecule has 3 aromatic rings. The van der Waals surface area contributed by atoms with Gasteiger partial charge in [0.25, 0.3) is 11.8 Å². The van der Waals surface area contributed by atoms with Gasteiger partial charge in [-0.3, -0.25) is 14.5 Å². The molecule has 0 radical (unpaired) electrons. The van der Waals surface area contributed by atoms with E-state index in [0.29, 0.717) is 34.4 Å². The quantitative estimate of drug-likeness (QED) is 0.349. The van der Waals surface area contributed by atoms with Crippen molar-refractivity contribution in [3.8, 4) is 11.5 Å².